The number of aryl methyl sites for hydroxylation is 1. The molecule has 0 saturated heterocycles. The standard InChI is InChI=1S/C18H16N2O/c21-18-7-3-5-14-10-20(12-16(14)18)11-15-9-8-13-4-1-2-6-17(13)19-15/h1-2,4,6,8-10,12H,3,5,7,11H2. The molecule has 0 unspecified atom stereocenters. The number of hydrogen-bond donors (Lipinski definition) is 0. The van der Waals surface area contributed by atoms with Crippen molar-refractivity contribution in [1.82, 2.24) is 9.55 Å². The average molecular weight is 276 g/mol. The molecule has 2 aromatic heterocycles. The summed E-state index contributed by atoms with van der Waals surface area (Å²) in [6, 6.07) is 12.3. The summed E-state index contributed by atoms with van der Waals surface area (Å²) in [6.07, 6.45) is 6.76. The number of rotatable bonds is 2. The van der Waals surface area contributed by atoms with Crippen LogP contribution < -0.4 is 0 Å². The van der Waals surface area contributed by atoms with E-state index < -0.39 is 0 Å². The van der Waals surface area contributed by atoms with Crippen LogP contribution in [0.1, 0.15) is 34.5 Å². The van der Waals surface area contributed by atoms with Crippen LogP contribution in [0.3, 0.4) is 0 Å². The van der Waals surface area contributed by atoms with E-state index in [-0.39, 0.29) is 5.78 Å². The van der Waals surface area contributed by atoms with Crippen LogP contribution in [0.5, 0.6) is 0 Å². The minimum atomic E-state index is 0.279. The predicted octanol–water partition coefficient (Wildman–Crippen LogP) is 3.60. The Morgan fingerprint density at radius 3 is 2.86 bits per heavy atom. The van der Waals surface area contributed by atoms with E-state index in [0.29, 0.717) is 13.0 Å². The number of fused-ring (bicyclic) bond motifs is 2. The molecular formula is C18H16N2O. The molecule has 0 aliphatic heterocycles. The van der Waals surface area contributed by atoms with Crippen LogP contribution in [0.2, 0.25) is 0 Å². The lowest BCUT2D eigenvalue weighted by molar-refractivity contribution is 0.0973. The third-order valence-electron chi connectivity index (χ3n) is 4.11. The smallest absolute Gasteiger partial charge is 0.164 e. The van der Waals surface area contributed by atoms with Gasteiger partial charge in [-0.1, -0.05) is 24.3 Å². The third kappa shape index (κ3) is 2.25. The van der Waals surface area contributed by atoms with Crippen LogP contribution in [-0.2, 0) is 13.0 Å². The number of nitrogens with zero attached hydrogens (tertiary/aromatic N) is 2. The van der Waals surface area contributed by atoms with Crippen LogP contribution >= 0.6 is 0 Å². The fourth-order valence-electron chi connectivity index (χ4n) is 3.05. The maximum Gasteiger partial charge on any atom is 0.164 e. The average Bonchev–Trinajstić information content (AvgIpc) is 2.91. The Morgan fingerprint density at radius 2 is 1.95 bits per heavy atom. The highest BCUT2D eigenvalue weighted by molar-refractivity contribution is 5.98. The normalized spacial score (nSPS) is 14.4. The van der Waals surface area contributed by atoms with E-state index in [4.69, 9.17) is 0 Å². The maximum absolute atomic E-state index is 11.9. The van der Waals surface area contributed by atoms with Crippen molar-refractivity contribution in [3.8, 4) is 0 Å². The first kappa shape index (κ1) is 12.3. The number of ketones is 1. The fraction of sp³-hybridized carbons (Fsp3) is 0.222. The van der Waals surface area contributed by atoms with Crippen molar-refractivity contribution >= 4 is 16.7 Å². The monoisotopic (exact) mass is 276 g/mol. The van der Waals surface area contributed by atoms with Gasteiger partial charge in [-0.2, -0.15) is 0 Å². The van der Waals surface area contributed by atoms with Crippen LogP contribution in [0.25, 0.3) is 10.9 Å². The zero-order chi connectivity index (χ0) is 14.2. The van der Waals surface area contributed by atoms with Gasteiger partial charge in [-0.05, 0) is 30.5 Å². The van der Waals surface area contributed by atoms with Gasteiger partial charge in [0.2, 0.25) is 0 Å². The van der Waals surface area contributed by atoms with Gasteiger partial charge in [-0.3, -0.25) is 9.78 Å². The molecule has 0 atom stereocenters. The molecule has 0 saturated carbocycles. The molecule has 1 aliphatic carbocycles. The lowest BCUT2D eigenvalue weighted by Gasteiger charge is -2.07. The summed E-state index contributed by atoms with van der Waals surface area (Å²) in [6.45, 7) is 0.713. The minimum absolute atomic E-state index is 0.279. The molecule has 1 aromatic carbocycles. The van der Waals surface area contributed by atoms with Gasteiger partial charge in [0.25, 0.3) is 0 Å². The first-order valence-electron chi connectivity index (χ1n) is 7.36. The summed E-state index contributed by atoms with van der Waals surface area (Å²) in [4.78, 5) is 16.6. The maximum atomic E-state index is 11.9. The van der Waals surface area contributed by atoms with Crippen molar-refractivity contribution in [3.63, 3.8) is 0 Å². The number of Topliss-reactive ketones (excluding diaryl/α,β-unsaturated/α-hetero) is 1. The number of hydrogen-bond acceptors (Lipinski definition) is 2. The molecule has 21 heavy (non-hydrogen) atoms. The van der Waals surface area contributed by atoms with Gasteiger partial charge in [0.05, 0.1) is 17.8 Å². The lowest BCUT2D eigenvalue weighted by Crippen LogP contribution is -2.07. The fourth-order valence-corrected chi connectivity index (χ4v) is 3.05. The topological polar surface area (TPSA) is 34.9 Å². The molecule has 0 amide bonds. The van der Waals surface area contributed by atoms with E-state index in [2.05, 4.69) is 33.9 Å². The number of benzene rings is 1. The highest BCUT2D eigenvalue weighted by Gasteiger charge is 2.19. The molecule has 3 nitrogen and oxygen atoms in total. The molecule has 4 rings (SSSR count). The summed E-state index contributed by atoms with van der Waals surface area (Å²) in [5.41, 5.74) is 4.13. The van der Waals surface area contributed by atoms with Gasteiger partial charge in [0.1, 0.15) is 0 Å². The second kappa shape index (κ2) is 4.85. The van der Waals surface area contributed by atoms with Crippen molar-refractivity contribution in [1.29, 1.82) is 0 Å². The van der Waals surface area contributed by atoms with E-state index in [1.54, 1.807) is 0 Å². The molecule has 0 N–H and O–H groups in total. The van der Waals surface area contributed by atoms with Crippen LogP contribution in [0.4, 0.5) is 0 Å². The Kier molecular flexibility index (Phi) is 2.85. The molecule has 3 heteroatoms. The highest BCUT2D eigenvalue weighted by atomic mass is 16.1. The minimum Gasteiger partial charge on any atom is -0.347 e. The Morgan fingerprint density at radius 1 is 1.05 bits per heavy atom. The van der Waals surface area contributed by atoms with Crippen molar-refractivity contribution < 1.29 is 4.79 Å². The summed E-state index contributed by atoms with van der Waals surface area (Å²) >= 11 is 0. The second-order valence-electron chi connectivity index (χ2n) is 5.64. The van der Waals surface area contributed by atoms with Gasteiger partial charge in [-0.25, -0.2) is 0 Å². The third-order valence-corrected chi connectivity index (χ3v) is 4.11. The summed E-state index contributed by atoms with van der Waals surface area (Å²) in [5.74, 6) is 0.279. The van der Waals surface area contributed by atoms with E-state index in [1.165, 1.54) is 5.56 Å². The molecule has 1 aliphatic rings. The van der Waals surface area contributed by atoms with Gasteiger partial charge >= 0.3 is 0 Å². The number of carbonyl (C=O) groups is 1. The zero-order valence-electron chi connectivity index (χ0n) is 11.7. The molecule has 2 heterocycles. The van der Waals surface area contributed by atoms with E-state index in [9.17, 15) is 4.79 Å². The van der Waals surface area contributed by atoms with Crippen LogP contribution in [-0.4, -0.2) is 15.3 Å². The van der Waals surface area contributed by atoms with Gasteiger partial charge in [-0.15, -0.1) is 0 Å². The summed E-state index contributed by atoms with van der Waals surface area (Å²) in [7, 11) is 0. The van der Waals surface area contributed by atoms with E-state index in [1.807, 2.05) is 24.4 Å². The van der Waals surface area contributed by atoms with Gasteiger partial charge < -0.3 is 4.57 Å². The number of aromatic nitrogens is 2. The van der Waals surface area contributed by atoms with Gasteiger partial charge in [0.15, 0.2) is 5.78 Å². The molecule has 104 valence electrons. The SMILES string of the molecule is O=C1CCCc2cn(Cc3ccc4ccccc4n3)cc21. The Hall–Kier alpha value is -2.42. The number of carbonyl (C=O) groups excluding carboxylic acids is 1. The molecule has 0 radical (unpaired) electrons. The second-order valence-corrected chi connectivity index (χ2v) is 5.64. The predicted molar refractivity (Wildman–Crippen MR) is 82.5 cm³/mol. The van der Waals surface area contributed by atoms with E-state index >= 15 is 0 Å². The molecule has 0 spiro atoms. The number of para-hydroxylation sites is 1. The highest BCUT2D eigenvalue weighted by Crippen LogP contribution is 2.22. The quantitative estimate of drug-likeness (QED) is 0.716. The zero-order valence-corrected chi connectivity index (χ0v) is 11.7. The number of pyridine rings is 1. The molecule has 3 aromatic rings. The molecular weight excluding hydrogens is 260 g/mol. The van der Waals surface area contributed by atoms with Crippen molar-refractivity contribution in [3.05, 3.63) is 65.6 Å². The van der Waals surface area contributed by atoms with Gasteiger partial charge in [0, 0.05) is 29.8 Å². The van der Waals surface area contributed by atoms with Crippen molar-refractivity contribution in [2.45, 2.75) is 25.8 Å². The summed E-state index contributed by atoms with van der Waals surface area (Å²) in [5, 5.41) is 1.16. The Bertz CT molecular complexity index is 832. The largest absolute Gasteiger partial charge is 0.347 e. The van der Waals surface area contributed by atoms with Crippen LogP contribution in [0.15, 0.2) is 48.8 Å². The Balaban J connectivity index is 1.67. The van der Waals surface area contributed by atoms with Crippen molar-refractivity contribution in [2.24, 2.45) is 0 Å². The van der Waals surface area contributed by atoms with Crippen LogP contribution in [0, 0.1) is 0 Å². The molecule has 0 bridgehead atoms. The summed E-state index contributed by atoms with van der Waals surface area (Å²) < 4.78 is 2.09. The first-order valence-corrected chi connectivity index (χ1v) is 7.36. The lowest BCUT2D eigenvalue weighted by atomic mass is 9.95. The van der Waals surface area contributed by atoms with Crippen molar-refractivity contribution in [2.75, 3.05) is 0 Å². The Labute approximate surface area is 123 Å². The van der Waals surface area contributed by atoms with E-state index in [0.717, 1.165) is 35.0 Å². The first-order chi connectivity index (χ1) is 10.3. The molecule has 0 fully saturated rings.